The van der Waals surface area contributed by atoms with Crippen LogP contribution in [-0.2, 0) is 10.2 Å². The van der Waals surface area contributed by atoms with E-state index in [0.717, 1.165) is 43.6 Å². The molecule has 5 rings (SSSR count). The number of rotatable bonds is 5. The molecule has 9 heteroatoms. The van der Waals surface area contributed by atoms with E-state index < -0.39 is 23.2 Å². The van der Waals surface area contributed by atoms with Crippen LogP contribution in [0.5, 0.6) is 5.75 Å². The summed E-state index contributed by atoms with van der Waals surface area (Å²) in [5.74, 6) is -0.921. The molecular weight excluding hydrogens is 535 g/mol. The van der Waals surface area contributed by atoms with Crippen molar-refractivity contribution >= 4 is 34.7 Å². The molecule has 2 heterocycles. The zero-order valence-corrected chi connectivity index (χ0v) is 24.9. The van der Waals surface area contributed by atoms with Crippen LogP contribution in [0.2, 0.25) is 0 Å². The average Bonchev–Trinajstić information content (AvgIpc) is 3.26. The van der Waals surface area contributed by atoms with Crippen LogP contribution < -0.4 is 15.5 Å². The molecule has 2 aliphatic rings. The number of aryl methyl sites for hydroxylation is 1. The van der Waals surface area contributed by atoms with E-state index in [1.807, 2.05) is 17.0 Å². The maximum atomic E-state index is 14.4. The first-order chi connectivity index (χ1) is 19.9. The number of phenolic OH excluding ortho intramolecular Hbond substituents is 1. The van der Waals surface area contributed by atoms with Gasteiger partial charge in [-0.3, -0.25) is 0 Å². The van der Waals surface area contributed by atoms with Gasteiger partial charge in [0.2, 0.25) is 0 Å². The molecule has 3 aromatic carbocycles. The Bertz CT molecular complexity index is 1510. The van der Waals surface area contributed by atoms with Crippen molar-refractivity contribution in [3.05, 3.63) is 77.1 Å². The number of aromatic hydroxyl groups is 1. The van der Waals surface area contributed by atoms with Crippen LogP contribution >= 0.6 is 0 Å². The number of carbonyl (C=O) groups is 2. The van der Waals surface area contributed by atoms with Crippen LogP contribution in [0, 0.1) is 18.2 Å². The molecule has 0 aliphatic carbocycles. The van der Waals surface area contributed by atoms with Gasteiger partial charge in [-0.1, -0.05) is 39.0 Å². The Hall–Kier alpha value is -4.11. The standard InChI is InChI=1S/C33H39FN4O4/c1-21-10-12-24(23(34)18-21)35-31(41)36-25-8-6-7-9-26(25)38-20-33(14-16-37(17-15-33)19-32(2,3)4)28-22(30(40)42-5)11-13-27(39)29(28)38/h6-13,18,39H,14-17,19-20H2,1-5H3,(H2,35,36,41). The third kappa shape index (κ3) is 5.79. The van der Waals surface area contributed by atoms with E-state index >= 15 is 0 Å². The molecule has 2 amide bonds. The minimum atomic E-state index is -0.595. The molecule has 8 nitrogen and oxygen atoms in total. The number of fused-ring (bicyclic) bond motifs is 2. The second-order valence-corrected chi connectivity index (χ2v) is 12.6. The number of nitrogens with one attached hydrogen (secondary N) is 2. The molecule has 0 bridgehead atoms. The van der Waals surface area contributed by atoms with Gasteiger partial charge >= 0.3 is 12.0 Å². The lowest BCUT2D eigenvalue weighted by Gasteiger charge is -2.42. The highest BCUT2D eigenvalue weighted by atomic mass is 19.1. The fourth-order valence-electron chi connectivity index (χ4n) is 6.37. The second kappa shape index (κ2) is 11.3. The molecule has 0 saturated carbocycles. The molecule has 2 aliphatic heterocycles. The van der Waals surface area contributed by atoms with Gasteiger partial charge in [0, 0.05) is 24.1 Å². The molecule has 222 valence electrons. The van der Waals surface area contributed by atoms with Crippen molar-refractivity contribution in [3.63, 3.8) is 0 Å². The van der Waals surface area contributed by atoms with Gasteiger partial charge in [-0.15, -0.1) is 0 Å². The average molecular weight is 575 g/mol. The summed E-state index contributed by atoms with van der Waals surface area (Å²) >= 11 is 0. The van der Waals surface area contributed by atoms with Crippen molar-refractivity contribution in [2.45, 2.75) is 46.0 Å². The number of phenols is 1. The van der Waals surface area contributed by atoms with Crippen molar-refractivity contribution in [2.75, 3.05) is 48.8 Å². The van der Waals surface area contributed by atoms with E-state index in [2.05, 4.69) is 36.3 Å². The van der Waals surface area contributed by atoms with Gasteiger partial charge in [0.1, 0.15) is 11.6 Å². The van der Waals surface area contributed by atoms with Crippen LogP contribution in [0.25, 0.3) is 0 Å². The lowest BCUT2D eigenvalue weighted by Crippen LogP contribution is -2.47. The van der Waals surface area contributed by atoms with Gasteiger partial charge in [-0.25, -0.2) is 14.0 Å². The number of nitrogens with zero attached hydrogens (tertiary/aromatic N) is 2. The summed E-state index contributed by atoms with van der Waals surface area (Å²) in [6.45, 7) is 11.6. The molecule has 0 atom stereocenters. The minimum absolute atomic E-state index is 0.0487. The molecule has 42 heavy (non-hydrogen) atoms. The van der Waals surface area contributed by atoms with E-state index in [-0.39, 0.29) is 16.9 Å². The second-order valence-electron chi connectivity index (χ2n) is 12.6. The topological polar surface area (TPSA) is 94.1 Å². The quantitative estimate of drug-likeness (QED) is 0.290. The number of para-hydroxylation sites is 2. The Balaban J connectivity index is 1.51. The molecule has 3 aromatic rings. The fraction of sp³-hybridized carbons (Fsp3) is 0.394. The van der Waals surface area contributed by atoms with Crippen LogP contribution in [-0.4, -0.2) is 55.3 Å². The molecule has 0 aromatic heterocycles. The summed E-state index contributed by atoms with van der Waals surface area (Å²) in [6.07, 6.45) is 1.59. The largest absolute Gasteiger partial charge is 0.506 e. The number of amides is 2. The van der Waals surface area contributed by atoms with Crippen LogP contribution in [0.1, 0.15) is 55.1 Å². The number of urea groups is 1. The number of hydrogen-bond donors (Lipinski definition) is 3. The van der Waals surface area contributed by atoms with Gasteiger partial charge in [0.25, 0.3) is 0 Å². The van der Waals surface area contributed by atoms with Gasteiger partial charge in [0.15, 0.2) is 0 Å². The first kappa shape index (κ1) is 29.4. The molecule has 1 spiro atoms. The van der Waals surface area contributed by atoms with E-state index in [0.29, 0.717) is 29.2 Å². The monoisotopic (exact) mass is 574 g/mol. The Morgan fingerprint density at radius 1 is 1.02 bits per heavy atom. The number of piperidine rings is 1. The zero-order chi connectivity index (χ0) is 30.2. The highest BCUT2D eigenvalue weighted by molar-refractivity contribution is 6.03. The minimum Gasteiger partial charge on any atom is -0.506 e. The predicted octanol–water partition coefficient (Wildman–Crippen LogP) is 6.80. The molecule has 1 fully saturated rings. The number of anilines is 4. The number of likely N-dealkylation sites (tertiary alicyclic amines) is 1. The van der Waals surface area contributed by atoms with Crippen molar-refractivity contribution in [3.8, 4) is 5.75 Å². The van der Waals surface area contributed by atoms with E-state index in [4.69, 9.17) is 4.74 Å². The fourth-order valence-corrected chi connectivity index (χ4v) is 6.37. The number of benzene rings is 3. The molecule has 3 N–H and O–H groups in total. The Morgan fingerprint density at radius 3 is 2.38 bits per heavy atom. The summed E-state index contributed by atoms with van der Waals surface area (Å²) in [5.41, 5.74) is 3.48. The summed E-state index contributed by atoms with van der Waals surface area (Å²) in [6, 6.07) is 14.5. The van der Waals surface area contributed by atoms with Crippen molar-refractivity contribution in [2.24, 2.45) is 5.41 Å². The predicted molar refractivity (Wildman–Crippen MR) is 163 cm³/mol. The van der Waals surface area contributed by atoms with Crippen LogP contribution in [0.15, 0.2) is 54.6 Å². The summed E-state index contributed by atoms with van der Waals surface area (Å²) in [4.78, 5) is 30.5. The van der Waals surface area contributed by atoms with Gasteiger partial charge in [-0.05, 0) is 80.2 Å². The van der Waals surface area contributed by atoms with Gasteiger partial charge in [0.05, 0.1) is 35.4 Å². The maximum Gasteiger partial charge on any atom is 0.338 e. The first-order valence-corrected chi connectivity index (χ1v) is 14.3. The number of ether oxygens (including phenoxy) is 1. The Kier molecular flexibility index (Phi) is 7.90. The Labute approximate surface area is 246 Å². The smallest absolute Gasteiger partial charge is 0.338 e. The molecule has 1 saturated heterocycles. The summed E-state index contributed by atoms with van der Waals surface area (Å²) in [5, 5.41) is 16.7. The highest BCUT2D eigenvalue weighted by Crippen LogP contribution is 2.55. The first-order valence-electron chi connectivity index (χ1n) is 14.3. The molecular formula is C33H39FN4O4. The van der Waals surface area contributed by atoms with E-state index in [1.165, 1.54) is 25.3 Å². The van der Waals surface area contributed by atoms with Crippen molar-refractivity contribution < 1.29 is 23.8 Å². The SMILES string of the molecule is COC(=O)c1ccc(O)c2c1C1(CCN(CC(C)(C)C)CC1)CN2c1ccccc1NC(=O)Nc1ccc(C)cc1F. The zero-order valence-electron chi connectivity index (χ0n) is 24.9. The highest BCUT2D eigenvalue weighted by Gasteiger charge is 2.49. The number of carbonyl (C=O) groups excluding carboxylic acids is 2. The third-order valence-corrected chi connectivity index (χ3v) is 8.15. The lowest BCUT2D eigenvalue weighted by atomic mass is 9.72. The van der Waals surface area contributed by atoms with E-state index in [1.54, 1.807) is 31.2 Å². The molecule has 0 unspecified atom stereocenters. The van der Waals surface area contributed by atoms with Crippen molar-refractivity contribution in [1.29, 1.82) is 0 Å². The van der Waals surface area contributed by atoms with E-state index in [9.17, 15) is 19.1 Å². The Morgan fingerprint density at radius 2 is 1.71 bits per heavy atom. The summed E-state index contributed by atoms with van der Waals surface area (Å²) in [7, 11) is 1.36. The normalized spacial score (nSPS) is 16.3. The van der Waals surface area contributed by atoms with Gasteiger partial charge < -0.3 is 30.3 Å². The van der Waals surface area contributed by atoms with Crippen LogP contribution in [0.3, 0.4) is 0 Å². The van der Waals surface area contributed by atoms with Crippen LogP contribution in [0.4, 0.5) is 31.9 Å². The maximum absolute atomic E-state index is 14.4. The molecule has 0 radical (unpaired) electrons. The number of methoxy groups -OCH3 is 1. The summed E-state index contributed by atoms with van der Waals surface area (Å²) < 4.78 is 19.6. The number of halogens is 1. The number of esters is 1. The van der Waals surface area contributed by atoms with Gasteiger partial charge in [-0.2, -0.15) is 0 Å². The lowest BCUT2D eigenvalue weighted by molar-refractivity contribution is 0.0595. The van der Waals surface area contributed by atoms with Crippen molar-refractivity contribution in [1.82, 2.24) is 4.90 Å². The third-order valence-electron chi connectivity index (χ3n) is 8.15. The number of hydrogen-bond acceptors (Lipinski definition) is 6.